The fourth-order valence-electron chi connectivity index (χ4n) is 3.68. The molecule has 4 rings (SSSR count). The van der Waals surface area contributed by atoms with Crippen molar-refractivity contribution in [2.24, 2.45) is 0 Å². The molecule has 4 aromatic rings. The molecule has 208 valence electrons. The number of nitrogens with one attached hydrogen (secondary N) is 1. The number of aryl methyl sites for hydroxylation is 3. The summed E-state index contributed by atoms with van der Waals surface area (Å²) in [5.41, 5.74) is 0.580. The molecule has 11 nitrogen and oxygen atoms in total. The van der Waals surface area contributed by atoms with E-state index in [1.54, 1.807) is 35.7 Å². The predicted molar refractivity (Wildman–Crippen MR) is 133 cm³/mol. The van der Waals surface area contributed by atoms with E-state index >= 15 is 0 Å². The number of rotatable bonds is 9. The molecule has 0 fully saturated rings. The molecule has 1 unspecified atom stereocenters. The summed E-state index contributed by atoms with van der Waals surface area (Å²) in [4.78, 5) is 30.8. The molecule has 3 heterocycles. The molecule has 1 amide bonds. The van der Waals surface area contributed by atoms with Gasteiger partial charge in [-0.15, -0.1) is 0 Å². The van der Waals surface area contributed by atoms with Gasteiger partial charge in [0.05, 0.1) is 6.20 Å². The Bertz CT molecular complexity index is 1570. The SMILES string of the molecule is COP(=O)(O)O[C@](C)(CCc1nc(-c2ccc(C)c(NC(=O)c3cnc4cc(C)ccn34)c2)no1)C(F)(F)F. The molecular formula is C24H25F3N5O6P. The fourth-order valence-corrected chi connectivity index (χ4v) is 4.46. The van der Waals surface area contributed by atoms with Gasteiger partial charge in [0.25, 0.3) is 5.91 Å². The van der Waals surface area contributed by atoms with E-state index in [-0.39, 0.29) is 11.7 Å². The zero-order valence-electron chi connectivity index (χ0n) is 21.3. The first-order valence-electron chi connectivity index (χ1n) is 11.6. The number of amides is 1. The van der Waals surface area contributed by atoms with Crippen LogP contribution in [-0.2, 0) is 20.0 Å². The van der Waals surface area contributed by atoms with E-state index in [1.807, 2.05) is 19.1 Å². The number of carbonyl (C=O) groups is 1. The Hall–Kier alpha value is -3.58. The Balaban J connectivity index is 1.51. The molecule has 3 aromatic heterocycles. The largest absolute Gasteiger partial charge is 0.472 e. The summed E-state index contributed by atoms with van der Waals surface area (Å²) in [5, 5.41) is 6.66. The first-order chi connectivity index (χ1) is 18.2. The third-order valence-corrected chi connectivity index (χ3v) is 7.17. The highest BCUT2D eigenvalue weighted by Crippen LogP contribution is 2.52. The van der Waals surface area contributed by atoms with Crippen LogP contribution in [-0.4, -0.2) is 49.2 Å². The number of nitrogens with zero attached hydrogens (tertiary/aromatic N) is 4. The van der Waals surface area contributed by atoms with Crippen LogP contribution in [0.5, 0.6) is 0 Å². The summed E-state index contributed by atoms with van der Waals surface area (Å²) in [5.74, 6) is -0.476. The van der Waals surface area contributed by atoms with Gasteiger partial charge in [-0.3, -0.25) is 18.2 Å². The van der Waals surface area contributed by atoms with Gasteiger partial charge < -0.3 is 14.7 Å². The van der Waals surface area contributed by atoms with Crippen LogP contribution in [0.1, 0.15) is 40.9 Å². The second kappa shape index (κ2) is 10.5. The normalized spacial score (nSPS) is 15.2. The van der Waals surface area contributed by atoms with Crippen LogP contribution in [0.2, 0.25) is 0 Å². The Labute approximate surface area is 220 Å². The smallest absolute Gasteiger partial charge is 0.339 e. The summed E-state index contributed by atoms with van der Waals surface area (Å²) in [6, 6.07) is 8.70. The van der Waals surface area contributed by atoms with Crippen LogP contribution in [0.3, 0.4) is 0 Å². The van der Waals surface area contributed by atoms with E-state index < -0.39 is 38.3 Å². The maximum atomic E-state index is 13.6. The maximum Gasteiger partial charge on any atom is 0.472 e. The zero-order valence-corrected chi connectivity index (χ0v) is 22.2. The molecule has 39 heavy (non-hydrogen) atoms. The zero-order chi connectivity index (χ0) is 28.6. The monoisotopic (exact) mass is 567 g/mol. The van der Waals surface area contributed by atoms with Gasteiger partial charge in [-0.05, 0) is 56.5 Å². The Morgan fingerprint density at radius 3 is 2.67 bits per heavy atom. The summed E-state index contributed by atoms with van der Waals surface area (Å²) in [6.45, 7) is 4.34. The molecular weight excluding hydrogens is 542 g/mol. The van der Waals surface area contributed by atoms with Crippen molar-refractivity contribution in [3.05, 3.63) is 65.4 Å². The fraction of sp³-hybridized carbons (Fsp3) is 0.333. The third kappa shape index (κ3) is 6.19. The van der Waals surface area contributed by atoms with Gasteiger partial charge in [-0.2, -0.15) is 18.2 Å². The number of benzene rings is 1. The minimum absolute atomic E-state index is 0.0742. The van der Waals surface area contributed by atoms with Crippen molar-refractivity contribution in [1.82, 2.24) is 19.5 Å². The van der Waals surface area contributed by atoms with Crippen molar-refractivity contribution in [2.45, 2.75) is 45.4 Å². The van der Waals surface area contributed by atoms with E-state index in [0.717, 1.165) is 18.2 Å². The molecule has 0 aliphatic heterocycles. The minimum Gasteiger partial charge on any atom is -0.339 e. The number of pyridine rings is 1. The summed E-state index contributed by atoms with van der Waals surface area (Å²) >= 11 is 0. The van der Waals surface area contributed by atoms with Crippen molar-refractivity contribution in [3.63, 3.8) is 0 Å². The molecule has 0 spiro atoms. The van der Waals surface area contributed by atoms with Crippen molar-refractivity contribution >= 4 is 25.1 Å². The lowest BCUT2D eigenvalue weighted by Gasteiger charge is -2.32. The summed E-state index contributed by atoms with van der Waals surface area (Å²) in [7, 11) is -4.18. The second-order valence-corrected chi connectivity index (χ2v) is 10.5. The number of phosphoric ester groups is 1. The van der Waals surface area contributed by atoms with Crippen LogP contribution in [0, 0.1) is 13.8 Å². The highest BCUT2D eigenvalue weighted by molar-refractivity contribution is 7.47. The molecule has 0 radical (unpaired) electrons. The predicted octanol–water partition coefficient (Wildman–Crippen LogP) is 5.27. The number of anilines is 1. The minimum atomic E-state index is -4.99. The number of phosphoric acid groups is 1. The van der Waals surface area contributed by atoms with Crippen LogP contribution in [0.25, 0.3) is 17.0 Å². The van der Waals surface area contributed by atoms with E-state index in [1.165, 1.54) is 6.20 Å². The van der Waals surface area contributed by atoms with Crippen molar-refractivity contribution in [3.8, 4) is 11.4 Å². The van der Waals surface area contributed by atoms with Crippen LogP contribution in [0.15, 0.2) is 47.2 Å². The number of hydrogen-bond acceptors (Lipinski definition) is 8. The lowest BCUT2D eigenvalue weighted by atomic mass is 10.00. The van der Waals surface area contributed by atoms with E-state index in [9.17, 15) is 27.4 Å². The average Bonchev–Trinajstić information content (AvgIpc) is 3.50. The topological polar surface area (TPSA) is 141 Å². The van der Waals surface area contributed by atoms with E-state index in [2.05, 4.69) is 29.5 Å². The highest BCUT2D eigenvalue weighted by Gasteiger charge is 2.55. The standard InChI is InChI=1S/C24H25F3N5O6P/c1-14-8-10-32-18(13-28-19(32)11-14)22(33)29-17-12-16(6-5-15(17)2)21-30-20(37-31-21)7-9-23(3,24(25,26)27)38-39(34,35)36-4/h5-6,8,10-13H,7,9H2,1-4H3,(H,29,33)(H,34,35)/t23-/m1/s1. The second-order valence-electron chi connectivity index (χ2n) is 9.04. The Morgan fingerprint density at radius 1 is 1.23 bits per heavy atom. The molecule has 0 bridgehead atoms. The lowest BCUT2D eigenvalue weighted by molar-refractivity contribution is -0.248. The number of imidazole rings is 1. The maximum absolute atomic E-state index is 13.6. The summed E-state index contributed by atoms with van der Waals surface area (Å²) < 4.78 is 67.8. The van der Waals surface area contributed by atoms with Gasteiger partial charge in [-0.25, -0.2) is 9.55 Å². The molecule has 2 N–H and O–H groups in total. The molecule has 2 atom stereocenters. The quantitative estimate of drug-likeness (QED) is 0.259. The number of alkyl halides is 3. The van der Waals surface area contributed by atoms with Gasteiger partial charge in [0.15, 0.2) is 5.60 Å². The molecule has 0 saturated carbocycles. The summed E-state index contributed by atoms with van der Waals surface area (Å²) in [6.07, 6.45) is -2.97. The van der Waals surface area contributed by atoms with Crippen LogP contribution in [0.4, 0.5) is 18.9 Å². The molecule has 1 aromatic carbocycles. The average molecular weight is 567 g/mol. The number of fused-ring (bicyclic) bond motifs is 1. The van der Waals surface area contributed by atoms with Crippen LogP contribution >= 0.6 is 7.82 Å². The lowest BCUT2D eigenvalue weighted by Crippen LogP contribution is -2.44. The Morgan fingerprint density at radius 2 is 1.97 bits per heavy atom. The van der Waals surface area contributed by atoms with E-state index in [4.69, 9.17) is 4.52 Å². The van der Waals surface area contributed by atoms with Crippen molar-refractivity contribution in [1.29, 1.82) is 0 Å². The number of hydrogen-bond donors (Lipinski definition) is 2. The molecule has 0 aliphatic rings. The van der Waals surface area contributed by atoms with Crippen molar-refractivity contribution in [2.75, 3.05) is 12.4 Å². The molecule has 0 saturated heterocycles. The number of carbonyl (C=O) groups excluding carboxylic acids is 1. The van der Waals surface area contributed by atoms with Gasteiger partial charge in [0, 0.05) is 31.0 Å². The first kappa shape index (κ1) is 28.4. The van der Waals surface area contributed by atoms with Gasteiger partial charge in [0.2, 0.25) is 11.7 Å². The highest BCUT2D eigenvalue weighted by atomic mass is 31.2. The van der Waals surface area contributed by atoms with Crippen molar-refractivity contribution < 1.29 is 41.0 Å². The van der Waals surface area contributed by atoms with Gasteiger partial charge in [0.1, 0.15) is 11.3 Å². The Kier molecular flexibility index (Phi) is 7.68. The van der Waals surface area contributed by atoms with Gasteiger partial charge >= 0.3 is 14.0 Å². The third-order valence-electron chi connectivity index (χ3n) is 6.08. The van der Waals surface area contributed by atoms with Crippen LogP contribution < -0.4 is 5.32 Å². The molecule has 0 aliphatic carbocycles. The molecule has 15 heteroatoms. The van der Waals surface area contributed by atoms with E-state index in [0.29, 0.717) is 29.5 Å². The van der Waals surface area contributed by atoms with Gasteiger partial charge in [-0.1, -0.05) is 17.3 Å². The number of aromatic nitrogens is 4. The number of halogens is 3. The first-order valence-corrected chi connectivity index (χ1v) is 13.1.